The van der Waals surface area contributed by atoms with E-state index in [0.29, 0.717) is 29.5 Å². The van der Waals surface area contributed by atoms with Gasteiger partial charge in [0.25, 0.3) is 0 Å². The predicted molar refractivity (Wildman–Crippen MR) is 126 cm³/mol. The van der Waals surface area contributed by atoms with Crippen molar-refractivity contribution in [1.29, 1.82) is 0 Å². The Hall–Kier alpha value is -2.05. The number of morpholine rings is 1. The summed E-state index contributed by atoms with van der Waals surface area (Å²) in [6.45, 7) is 5.61. The number of nitrogens with zero attached hydrogens (tertiary/aromatic N) is 4. The summed E-state index contributed by atoms with van der Waals surface area (Å²) in [5, 5.41) is 12.4. The van der Waals surface area contributed by atoms with Crippen LogP contribution in [0.4, 0.5) is 5.82 Å². The van der Waals surface area contributed by atoms with Gasteiger partial charge in [-0.15, -0.1) is 5.10 Å². The number of fused-ring (bicyclic) bond motifs is 2. The van der Waals surface area contributed by atoms with Crippen molar-refractivity contribution in [3.8, 4) is 11.1 Å². The van der Waals surface area contributed by atoms with Gasteiger partial charge in [0.2, 0.25) is 0 Å². The molecule has 4 fully saturated rings. The van der Waals surface area contributed by atoms with Crippen molar-refractivity contribution in [2.75, 3.05) is 25.1 Å². The Bertz CT molecular complexity index is 937. The lowest BCUT2D eigenvalue weighted by Gasteiger charge is -2.44. The molecule has 2 atom stereocenters. The molecule has 4 aliphatic rings. The Balaban J connectivity index is 1.09. The van der Waals surface area contributed by atoms with Gasteiger partial charge in [-0.2, -0.15) is 5.10 Å². The van der Waals surface area contributed by atoms with Crippen molar-refractivity contribution in [2.24, 2.45) is 5.41 Å². The van der Waals surface area contributed by atoms with Gasteiger partial charge in [-0.3, -0.25) is 9.88 Å². The van der Waals surface area contributed by atoms with Gasteiger partial charge >= 0.3 is 0 Å². The van der Waals surface area contributed by atoms with Crippen LogP contribution < -0.4 is 5.32 Å². The maximum Gasteiger partial charge on any atom is 0.149 e. The number of ether oxygens (including phenoxy) is 1. The molecule has 4 heterocycles. The fourth-order valence-electron chi connectivity index (χ4n) is 6.17. The Kier molecular flexibility index (Phi) is 5.38. The molecule has 1 N–H and O–H groups in total. The predicted octanol–water partition coefficient (Wildman–Crippen LogP) is 4.64. The number of rotatable bonds is 6. The van der Waals surface area contributed by atoms with E-state index in [9.17, 15) is 0 Å². The van der Waals surface area contributed by atoms with Crippen molar-refractivity contribution in [3.63, 3.8) is 0 Å². The number of nitrogens with one attached hydrogen (secondary N) is 1. The van der Waals surface area contributed by atoms with E-state index < -0.39 is 0 Å². The summed E-state index contributed by atoms with van der Waals surface area (Å²) < 4.78 is 5.79. The smallest absolute Gasteiger partial charge is 0.149 e. The third-order valence-corrected chi connectivity index (χ3v) is 8.27. The first kappa shape index (κ1) is 20.5. The van der Waals surface area contributed by atoms with Crippen LogP contribution in [-0.4, -0.2) is 58.0 Å². The molecule has 2 saturated heterocycles. The van der Waals surface area contributed by atoms with Crippen molar-refractivity contribution >= 4 is 5.82 Å². The Morgan fingerprint density at radius 3 is 2.62 bits per heavy atom. The topological polar surface area (TPSA) is 63.2 Å². The van der Waals surface area contributed by atoms with Crippen molar-refractivity contribution in [2.45, 2.75) is 82.3 Å². The average Bonchev–Trinajstić information content (AvgIpc) is 3.63. The molecule has 2 aliphatic heterocycles. The second kappa shape index (κ2) is 8.38. The van der Waals surface area contributed by atoms with Crippen LogP contribution in [0.1, 0.15) is 69.9 Å². The van der Waals surface area contributed by atoms with Gasteiger partial charge in [-0.25, -0.2) is 0 Å². The first-order chi connectivity index (χ1) is 15.7. The van der Waals surface area contributed by atoms with Gasteiger partial charge in [0.15, 0.2) is 0 Å². The van der Waals surface area contributed by atoms with E-state index in [4.69, 9.17) is 4.74 Å². The maximum atomic E-state index is 5.79. The van der Waals surface area contributed by atoms with Crippen LogP contribution in [0, 0.1) is 5.41 Å². The van der Waals surface area contributed by atoms with Gasteiger partial charge < -0.3 is 10.1 Å². The molecule has 6 nitrogen and oxygen atoms in total. The van der Waals surface area contributed by atoms with E-state index in [0.717, 1.165) is 24.6 Å². The summed E-state index contributed by atoms with van der Waals surface area (Å²) >= 11 is 0. The van der Waals surface area contributed by atoms with Gasteiger partial charge in [0.05, 0.1) is 25.1 Å². The summed E-state index contributed by atoms with van der Waals surface area (Å²) in [4.78, 5) is 7.44. The van der Waals surface area contributed by atoms with E-state index in [1.165, 1.54) is 69.2 Å². The van der Waals surface area contributed by atoms with E-state index >= 15 is 0 Å². The second-order valence-corrected chi connectivity index (χ2v) is 10.9. The zero-order valence-corrected chi connectivity index (χ0v) is 19.2. The highest BCUT2D eigenvalue weighted by atomic mass is 16.5. The molecule has 2 saturated carbocycles. The highest BCUT2D eigenvalue weighted by molar-refractivity contribution is 5.68. The molecule has 2 bridgehead atoms. The third kappa shape index (κ3) is 4.15. The van der Waals surface area contributed by atoms with Crippen LogP contribution in [-0.2, 0) is 4.74 Å². The first-order valence-corrected chi connectivity index (χ1v) is 12.5. The molecule has 6 heteroatoms. The quantitative estimate of drug-likeness (QED) is 0.716. The number of hydrogen-bond donors (Lipinski definition) is 1. The maximum absolute atomic E-state index is 5.79. The van der Waals surface area contributed by atoms with E-state index in [-0.39, 0.29) is 0 Å². The summed E-state index contributed by atoms with van der Waals surface area (Å²) in [7, 11) is 0. The largest absolute Gasteiger partial charge is 0.378 e. The highest BCUT2D eigenvalue weighted by Gasteiger charge is 2.42. The molecule has 0 aromatic carbocycles. The van der Waals surface area contributed by atoms with Crippen molar-refractivity contribution < 1.29 is 4.74 Å². The van der Waals surface area contributed by atoms with Gasteiger partial charge in [0, 0.05) is 47.9 Å². The van der Waals surface area contributed by atoms with E-state index in [1.54, 1.807) is 0 Å². The Morgan fingerprint density at radius 1 is 1.09 bits per heavy atom. The second-order valence-electron chi connectivity index (χ2n) is 10.9. The van der Waals surface area contributed by atoms with Crippen LogP contribution in [0.15, 0.2) is 30.6 Å². The number of hydrogen-bond acceptors (Lipinski definition) is 6. The fraction of sp³-hybridized carbons (Fsp3) is 0.654. The van der Waals surface area contributed by atoms with Gasteiger partial charge in [-0.05, 0) is 68.9 Å². The monoisotopic (exact) mass is 433 g/mol. The minimum atomic E-state index is 0.415. The van der Waals surface area contributed by atoms with E-state index in [2.05, 4.69) is 44.5 Å². The summed E-state index contributed by atoms with van der Waals surface area (Å²) in [6.07, 6.45) is 13.9. The molecular weight excluding hydrogens is 398 g/mol. The lowest BCUT2D eigenvalue weighted by atomic mass is 9.73. The molecule has 32 heavy (non-hydrogen) atoms. The molecule has 170 valence electrons. The van der Waals surface area contributed by atoms with Crippen LogP contribution in [0.3, 0.4) is 0 Å². The van der Waals surface area contributed by atoms with Crippen molar-refractivity contribution in [1.82, 2.24) is 20.1 Å². The average molecular weight is 434 g/mol. The summed E-state index contributed by atoms with van der Waals surface area (Å²) in [5.74, 6) is 1.52. The van der Waals surface area contributed by atoms with Crippen LogP contribution in [0.2, 0.25) is 0 Å². The lowest BCUT2D eigenvalue weighted by Crippen LogP contribution is -2.51. The first-order valence-electron chi connectivity index (χ1n) is 12.5. The molecule has 2 aromatic rings. The molecule has 0 unspecified atom stereocenters. The highest BCUT2D eigenvalue weighted by Crippen LogP contribution is 2.43. The minimum Gasteiger partial charge on any atom is -0.378 e. The molecule has 6 rings (SSSR count). The Morgan fingerprint density at radius 2 is 1.88 bits per heavy atom. The summed E-state index contributed by atoms with van der Waals surface area (Å²) in [5.41, 5.74) is 3.97. The van der Waals surface area contributed by atoms with E-state index in [1.807, 2.05) is 18.5 Å². The molecule has 2 aromatic heterocycles. The molecule has 0 amide bonds. The molecule has 0 spiro atoms. The molecule has 0 radical (unpaired) electrons. The number of anilines is 1. The SMILES string of the molecule is CC1(CN2[C@@H]3CC[C@H]2COC3)CCC(Nc2cc(-c3cccnc3C3CC3)cnn2)CC1. The molecular formula is C26H35N5O. The van der Waals surface area contributed by atoms with Gasteiger partial charge in [0.1, 0.15) is 5.82 Å². The zero-order chi connectivity index (χ0) is 21.5. The van der Waals surface area contributed by atoms with Crippen molar-refractivity contribution in [3.05, 3.63) is 36.3 Å². The van der Waals surface area contributed by atoms with Crippen LogP contribution >= 0.6 is 0 Å². The Labute approximate surface area is 191 Å². The molecule has 2 aliphatic carbocycles. The third-order valence-electron chi connectivity index (χ3n) is 8.27. The van der Waals surface area contributed by atoms with Gasteiger partial charge in [-0.1, -0.05) is 13.0 Å². The normalized spacial score (nSPS) is 32.7. The number of aromatic nitrogens is 3. The minimum absolute atomic E-state index is 0.415. The standard InChI is InChI=1S/C26H35N5O/c1-26(17-31-21-6-7-22(31)16-32-15-21)10-8-20(9-11-26)29-24-13-19(14-28-30-24)23-3-2-12-27-25(23)18-4-5-18/h2-3,12-14,18,20-22H,4-11,15-17H2,1H3,(H,29,30)/t20?,21-,22+,26?. The lowest BCUT2D eigenvalue weighted by molar-refractivity contribution is -0.0373. The summed E-state index contributed by atoms with van der Waals surface area (Å²) in [6, 6.07) is 8.16. The zero-order valence-electron chi connectivity index (χ0n) is 19.2. The van der Waals surface area contributed by atoms with Crippen LogP contribution in [0.25, 0.3) is 11.1 Å². The number of pyridine rings is 1. The van der Waals surface area contributed by atoms with Crippen LogP contribution in [0.5, 0.6) is 0 Å². The fourth-order valence-corrected chi connectivity index (χ4v) is 6.17.